The summed E-state index contributed by atoms with van der Waals surface area (Å²) < 4.78 is 0. The van der Waals surface area contributed by atoms with E-state index in [1.165, 1.54) is 0 Å². The zero-order valence-corrected chi connectivity index (χ0v) is 7.64. The molecule has 0 rings (SSSR count). The Morgan fingerprint density at radius 1 is 1.45 bits per heavy atom. The third-order valence-corrected chi connectivity index (χ3v) is 1.45. The van der Waals surface area contributed by atoms with Crippen LogP contribution < -0.4 is 0 Å². The van der Waals surface area contributed by atoms with Crippen LogP contribution in [0.5, 0.6) is 0 Å². The highest BCUT2D eigenvalue weighted by molar-refractivity contribution is 4.91. The number of hydrogen-bond donors (Lipinski definition) is 1. The maximum Gasteiger partial charge on any atom is 0.0558 e. The summed E-state index contributed by atoms with van der Waals surface area (Å²) in [7, 11) is 0. The van der Waals surface area contributed by atoms with Crippen LogP contribution >= 0.6 is 0 Å². The summed E-state index contributed by atoms with van der Waals surface area (Å²) in [5.74, 6) is 0. The van der Waals surface area contributed by atoms with E-state index >= 15 is 0 Å². The number of hydrogen-bond acceptors (Lipinski definition) is 2. The standard InChI is InChI=1S/C9H19NO/c1-4-5-10(6-7-11)8-9(2)3/h11H,2,4-8H2,1,3H3. The molecule has 0 saturated carbocycles. The second kappa shape index (κ2) is 6.38. The van der Waals surface area contributed by atoms with Crippen molar-refractivity contribution in [1.29, 1.82) is 0 Å². The molecule has 66 valence electrons. The van der Waals surface area contributed by atoms with Crippen molar-refractivity contribution < 1.29 is 5.11 Å². The second-order valence-corrected chi connectivity index (χ2v) is 2.96. The van der Waals surface area contributed by atoms with Crippen LogP contribution in [0, 0.1) is 0 Å². The Kier molecular flexibility index (Phi) is 6.18. The van der Waals surface area contributed by atoms with E-state index in [1.807, 2.05) is 6.92 Å². The molecule has 0 fully saturated rings. The molecule has 2 heteroatoms. The molecule has 0 aromatic rings. The van der Waals surface area contributed by atoms with E-state index in [0.717, 1.165) is 31.6 Å². The van der Waals surface area contributed by atoms with Crippen molar-refractivity contribution in [2.24, 2.45) is 0 Å². The normalized spacial score (nSPS) is 10.5. The van der Waals surface area contributed by atoms with Crippen molar-refractivity contribution in [1.82, 2.24) is 4.90 Å². The minimum absolute atomic E-state index is 0.243. The van der Waals surface area contributed by atoms with Gasteiger partial charge in [0.2, 0.25) is 0 Å². The Bertz CT molecular complexity index is 106. The van der Waals surface area contributed by atoms with Crippen LogP contribution in [0.15, 0.2) is 12.2 Å². The molecular weight excluding hydrogens is 138 g/mol. The van der Waals surface area contributed by atoms with Crippen molar-refractivity contribution in [3.8, 4) is 0 Å². The first kappa shape index (κ1) is 10.7. The van der Waals surface area contributed by atoms with E-state index in [-0.39, 0.29) is 6.61 Å². The highest BCUT2D eigenvalue weighted by Gasteiger charge is 2.01. The molecule has 0 heterocycles. The van der Waals surface area contributed by atoms with E-state index in [2.05, 4.69) is 18.4 Å². The van der Waals surface area contributed by atoms with Gasteiger partial charge in [-0.3, -0.25) is 4.90 Å². The van der Waals surface area contributed by atoms with Crippen molar-refractivity contribution in [3.63, 3.8) is 0 Å². The summed E-state index contributed by atoms with van der Waals surface area (Å²) in [6, 6.07) is 0. The van der Waals surface area contributed by atoms with Gasteiger partial charge in [-0.25, -0.2) is 0 Å². The zero-order valence-electron chi connectivity index (χ0n) is 7.64. The van der Waals surface area contributed by atoms with Gasteiger partial charge >= 0.3 is 0 Å². The minimum atomic E-state index is 0.243. The van der Waals surface area contributed by atoms with Crippen LogP contribution in [-0.4, -0.2) is 36.2 Å². The van der Waals surface area contributed by atoms with Gasteiger partial charge < -0.3 is 5.11 Å². The Morgan fingerprint density at radius 2 is 2.09 bits per heavy atom. The monoisotopic (exact) mass is 157 g/mol. The van der Waals surface area contributed by atoms with Gasteiger partial charge in [-0.1, -0.05) is 19.1 Å². The van der Waals surface area contributed by atoms with Gasteiger partial charge in [0.25, 0.3) is 0 Å². The van der Waals surface area contributed by atoms with E-state index in [4.69, 9.17) is 5.11 Å². The van der Waals surface area contributed by atoms with Crippen LogP contribution in [0.1, 0.15) is 20.3 Å². The third kappa shape index (κ3) is 6.07. The number of aliphatic hydroxyl groups excluding tert-OH is 1. The van der Waals surface area contributed by atoms with Crippen LogP contribution in [0.25, 0.3) is 0 Å². The highest BCUT2D eigenvalue weighted by Crippen LogP contribution is 1.96. The lowest BCUT2D eigenvalue weighted by molar-refractivity contribution is 0.206. The maximum atomic E-state index is 8.70. The van der Waals surface area contributed by atoms with Gasteiger partial charge in [-0.15, -0.1) is 0 Å². The van der Waals surface area contributed by atoms with E-state index < -0.39 is 0 Å². The van der Waals surface area contributed by atoms with Gasteiger partial charge in [0.05, 0.1) is 6.61 Å². The average Bonchev–Trinajstić information content (AvgIpc) is 1.87. The quantitative estimate of drug-likeness (QED) is 0.587. The number of rotatable bonds is 6. The van der Waals surface area contributed by atoms with E-state index in [1.54, 1.807) is 0 Å². The molecule has 0 amide bonds. The predicted molar refractivity (Wildman–Crippen MR) is 48.6 cm³/mol. The van der Waals surface area contributed by atoms with Crippen molar-refractivity contribution in [3.05, 3.63) is 12.2 Å². The van der Waals surface area contributed by atoms with Gasteiger partial charge in [-0.05, 0) is 19.9 Å². The van der Waals surface area contributed by atoms with Crippen LogP contribution in [-0.2, 0) is 0 Å². The molecule has 0 aromatic heterocycles. The first-order valence-electron chi connectivity index (χ1n) is 4.18. The lowest BCUT2D eigenvalue weighted by Crippen LogP contribution is -2.29. The van der Waals surface area contributed by atoms with Gasteiger partial charge in [0.15, 0.2) is 0 Å². The van der Waals surface area contributed by atoms with Gasteiger partial charge in [0, 0.05) is 13.1 Å². The summed E-state index contributed by atoms with van der Waals surface area (Å²) in [4.78, 5) is 2.21. The third-order valence-electron chi connectivity index (χ3n) is 1.45. The molecule has 11 heavy (non-hydrogen) atoms. The summed E-state index contributed by atoms with van der Waals surface area (Å²) in [6.45, 7) is 11.0. The zero-order chi connectivity index (χ0) is 8.69. The summed E-state index contributed by atoms with van der Waals surface area (Å²) in [5, 5.41) is 8.70. The molecule has 0 saturated heterocycles. The second-order valence-electron chi connectivity index (χ2n) is 2.96. The fourth-order valence-corrected chi connectivity index (χ4v) is 1.11. The molecule has 0 unspecified atom stereocenters. The van der Waals surface area contributed by atoms with Crippen molar-refractivity contribution in [2.75, 3.05) is 26.2 Å². The number of nitrogens with zero attached hydrogens (tertiary/aromatic N) is 1. The molecule has 0 aromatic carbocycles. The predicted octanol–water partition coefficient (Wildman–Crippen LogP) is 1.27. The fourth-order valence-electron chi connectivity index (χ4n) is 1.11. The van der Waals surface area contributed by atoms with Gasteiger partial charge in [0.1, 0.15) is 0 Å². The molecule has 0 atom stereocenters. The fraction of sp³-hybridized carbons (Fsp3) is 0.778. The molecule has 0 bridgehead atoms. The Hall–Kier alpha value is -0.340. The molecule has 1 N–H and O–H groups in total. The lowest BCUT2D eigenvalue weighted by Gasteiger charge is -2.20. The summed E-state index contributed by atoms with van der Waals surface area (Å²) in [6.07, 6.45) is 1.13. The molecule has 0 aliphatic carbocycles. The molecular formula is C9H19NO. The van der Waals surface area contributed by atoms with Crippen LogP contribution in [0.2, 0.25) is 0 Å². The SMILES string of the molecule is C=C(C)CN(CCC)CCO. The smallest absolute Gasteiger partial charge is 0.0558 e. The molecule has 0 spiro atoms. The molecule has 0 aliphatic rings. The average molecular weight is 157 g/mol. The maximum absolute atomic E-state index is 8.70. The Labute approximate surface area is 69.5 Å². The highest BCUT2D eigenvalue weighted by atomic mass is 16.3. The Balaban J connectivity index is 3.59. The van der Waals surface area contributed by atoms with Crippen molar-refractivity contribution in [2.45, 2.75) is 20.3 Å². The van der Waals surface area contributed by atoms with Crippen LogP contribution in [0.4, 0.5) is 0 Å². The molecule has 2 nitrogen and oxygen atoms in total. The summed E-state index contributed by atoms with van der Waals surface area (Å²) >= 11 is 0. The van der Waals surface area contributed by atoms with Gasteiger partial charge in [-0.2, -0.15) is 0 Å². The minimum Gasteiger partial charge on any atom is -0.395 e. The van der Waals surface area contributed by atoms with E-state index in [0.29, 0.717) is 0 Å². The largest absolute Gasteiger partial charge is 0.395 e. The van der Waals surface area contributed by atoms with Crippen molar-refractivity contribution >= 4 is 0 Å². The summed E-state index contributed by atoms with van der Waals surface area (Å²) in [5.41, 5.74) is 1.16. The topological polar surface area (TPSA) is 23.5 Å². The molecule has 0 aliphatic heterocycles. The van der Waals surface area contributed by atoms with E-state index in [9.17, 15) is 0 Å². The molecule has 0 radical (unpaired) electrons. The Morgan fingerprint density at radius 3 is 2.45 bits per heavy atom. The van der Waals surface area contributed by atoms with Crippen LogP contribution in [0.3, 0.4) is 0 Å². The first-order chi connectivity index (χ1) is 5.20. The number of aliphatic hydroxyl groups is 1. The first-order valence-corrected chi connectivity index (χ1v) is 4.18. The lowest BCUT2D eigenvalue weighted by atomic mass is 10.3.